The largest absolute Gasteiger partial charge is 0.482 e. The van der Waals surface area contributed by atoms with Crippen LogP contribution in [0, 0.1) is 5.82 Å². The van der Waals surface area contributed by atoms with Crippen molar-refractivity contribution in [3.8, 4) is 5.75 Å². The van der Waals surface area contributed by atoms with Crippen LogP contribution in [-0.2, 0) is 9.59 Å². The van der Waals surface area contributed by atoms with E-state index in [4.69, 9.17) is 16.3 Å². The van der Waals surface area contributed by atoms with Gasteiger partial charge in [0.2, 0.25) is 5.91 Å². The van der Waals surface area contributed by atoms with Gasteiger partial charge in [0.25, 0.3) is 5.91 Å². The fraction of sp³-hybridized carbons (Fsp3) is 0.158. The molecule has 2 N–H and O–H groups in total. The van der Waals surface area contributed by atoms with Gasteiger partial charge in [0, 0.05) is 11.4 Å². The standard InChI is InChI=1S/C19H17ClFN5O3/c1-12(26-11-22-10-23-26)19(28)25-15-5-3-14(4-6-15)24-18(27)9-29-17-7-2-13(21)8-16(17)20/h2-8,10-12H,9H2,1H3,(H,24,27)(H,25,28). The third kappa shape index (κ3) is 5.52. The van der Waals surface area contributed by atoms with Crippen molar-refractivity contribution in [3.05, 3.63) is 66.0 Å². The highest BCUT2D eigenvalue weighted by atomic mass is 35.5. The molecule has 0 aliphatic heterocycles. The van der Waals surface area contributed by atoms with Crippen LogP contribution in [-0.4, -0.2) is 33.2 Å². The van der Waals surface area contributed by atoms with E-state index in [0.29, 0.717) is 11.4 Å². The number of hydrogen-bond donors (Lipinski definition) is 2. The number of hydrogen-bond acceptors (Lipinski definition) is 5. The van der Waals surface area contributed by atoms with E-state index in [1.54, 1.807) is 31.2 Å². The summed E-state index contributed by atoms with van der Waals surface area (Å²) in [7, 11) is 0. The van der Waals surface area contributed by atoms with Gasteiger partial charge in [0.15, 0.2) is 6.61 Å². The Labute approximate surface area is 170 Å². The molecule has 0 bridgehead atoms. The number of amides is 2. The first-order valence-electron chi connectivity index (χ1n) is 8.55. The third-order valence-electron chi connectivity index (χ3n) is 3.90. The summed E-state index contributed by atoms with van der Waals surface area (Å²) in [6.07, 6.45) is 2.82. The lowest BCUT2D eigenvalue weighted by Gasteiger charge is -2.13. The van der Waals surface area contributed by atoms with Crippen LogP contribution < -0.4 is 15.4 Å². The molecule has 2 amide bonds. The van der Waals surface area contributed by atoms with Crippen molar-refractivity contribution in [3.63, 3.8) is 0 Å². The van der Waals surface area contributed by atoms with Crippen molar-refractivity contribution in [2.45, 2.75) is 13.0 Å². The fourth-order valence-corrected chi connectivity index (χ4v) is 2.58. The second-order valence-electron chi connectivity index (χ2n) is 6.03. The molecule has 0 spiro atoms. The number of rotatable bonds is 7. The summed E-state index contributed by atoms with van der Waals surface area (Å²) < 4.78 is 19.7. The lowest BCUT2D eigenvalue weighted by molar-refractivity contribution is -0.119. The van der Waals surface area contributed by atoms with Crippen molar-refractivity contribution in [2.24, 2.45) is 0 Å². The molecule has 3 aromatic rings. The maximum absolute atomic E-state index is 13.0. The monoisotopic (exact) mass is 417 g/mol. The Morgan fingerprint density at radius 1 is 1.17 bits per heavy atom. The first-order valence-corrected chi connectivity index (χ1v) is 8.93. The Kier molecular flexibility index (Phi) is 6.40. The molecule has 0 aliphatic rings. The highest BCUT2D eigenvalue weighted by Gasteiger charge is 2.15. The van der Waals surface area contributed by atoms with Crippen LogP contribution in [0.3, 0.4) is 0 Å². The molecule has 29 heavy (non-hydrogen) atoms. The number of nitrogens with zero attached hydrogens (tertiary/aromatic N) is 3. The molecule has 0 saturated carbocycles. The Morgan fingerprint density at radius 3 is 2.48 bits per heavy atom. The molecule has 1 atom stereocenters. The van der Waals surface area contributed by atoms with Gasteiger partial charge in [-0.25, -0.2) is 14.1 Å². The zero-order valence-electron chi connectivity index (χ0n) is 15.3. The first kappa shape index (κ1) is 20.3. The summed E-state index contributed by atoms with van der Waals surface area (Å²) in [5.74, 6) is -0.948. The molecule has 1 aromatic heterocycles. The van der Waals surface area contributed by atoms with E-state index < -0.39 is 17.8 Å². The van der Waals surface area contributed by atoms with Gasteiger partial charge in [0.05, 0.1) is 5.02 Å². The lowest BCUT2D eigenvalue weighted by Crippen LogP contribution is -2.24. The van der Waals surface area contributed by atoms with Crippen molar-refractivity contribution in [2.75, 3.05) is 17.2 Å². The number of benzene rings is 2. The van der Waals surface area contributed by atoms with Crippen LogP contribution in [0.4, 0.5) is 15.8 Å². The smallest absolute Gasteiger partial charge is 0.262 e. The Balaban J connectivity index is 1.50. The van der Waals surface area contributed by atoms with Gasteiger partial charge in [-0.05, 0) is 49.4 Å². The molecular formula is C19H17ClFN5O3. The summed E-state index contributed by atoms with van der Waals surface area (Å²) in [6, 6.07) is 9.70. The van der Waals surface area contributed by atoms with Gasteiger partial charge >= 0.3 is 0 Å². The molecule has 3 rings (SSSR count). The van der Waals surface area contributed by atoms with Gasteiger partial charge < -0.3 is 15.4 Å². The van der Waals surface area contributed by atoms with Crippen LogP contribution >= 0.6 is 11.6 Å². The van der Waals surface area contributed by atoms with Gasteiger partial charge in [-0.1, -0.05) is 11.6 Å². The number of halogens is 2. The molecule has 0 radical (unpaired) electrons. The van der Waals surface area contributed by atoms with E-state index in [0.717, 1.165) is 6.07 Å². The summed E-state index contributed by atoms with van der Waals surface area (Å²) in [6.45, 7) is 1.41. The summed E-state index contributed by atoms with van der Waals surface area (Å²) in [5.41, 5.74) is 1.08. The number of anilines is 2. The normalized spacial score (nSPS) is 11.6. The van der Waals surface area contributed by atoms with Crippen molar-refractivity contribution in [1.29, 1.82) is 0 Å². The van der Waals surface area contributed by atoms with E-state index in [2.05, 4.69) is 20.7 Å². The number of carbonyl (C=O) groups is 2. The first-order chi connectivity index (χ1) is 13.9. The summed E-state index contributed by atoms with van der Waals surface area (Å²) in [5, 5.41) is 9.42. The zero-order valence-corrected chi connectivity index (χ0v) is 16.1. The van der Waals surface area contributed by atoms with E-state index in [-0.39, 0.29) is 23.3 Å². The SMILES string of the molecule is CC(C(=O)Nc1ccc(NC(=O)COc2ccc(F)cc2Cl)cc1)n1cncn1. The van der Waals surface area contributed by atoms with Crippen LogP contribution in [0.5, 0.6) is 5.75 Å². The Bertz CT molecular complexity index is 996. The Hall–Kier alpha value is -3.46. The average molecular weight is 418 g/mol. The number of aromatic nitrogens is 3. The van der Waals surface area contributed by atoms with Crippen LogP contribution in [0.15, 0.2) is 55.1 Å². The van der Waals surface area contributed by atoms with Gasteiger partial charge in [-0.3, -0.25) is 9.59 Å². The van der Waals surface area contributed by atoms with Gasteiger partial charge in [0.1, 0.15) is 30.3 Å². The molecular weight excluding hydrogens is 401 g/mol. The predicted molar refractivity (Wildman–Crippen MR) is 105 cm³/mol. The van der Waals surface area contributed by atoms with Crippen molar-refractivity contribution < 1.29 is 18.7 Å². The molecule has 0 aliphatic carbocycles. The van der Waals surface area contributed by atoms with Gasteiger partial charge in [-0.2, -0.15) is 5.10 Å². The molecule has 1 unspecified atom stereocenters. The lowest BCUT2D eigenvalue weighted by atomic mass is 10.2. The molecule has 1 heterocycles. The maximum Gasteiger partial charge on any atom is 0.262 e. The van der Waals surface area contributed by atoms with E-state index in [1.165, 1.54) is 29.5 Å². The molecule has 150 valence electrons. The van der Waals surface area contributed by atoms with E-state index in [9.17, 15) is 14.0 Å². The fourth-order valence-electron chi connectivity index (χ4n) is 2.35. The zero-order chi connectivity index (χ0) is 20.8. The summed E-state index contributed by atoms with van der Waals surface area (Å²) in [4.78, 5) is 28.0. The van der Waals surface area contributed by atoms with E-state index in [1.807, 2.05) is 0 Å². The second-order valence-corrected chi connectivity index (χ2v) is 6.44. The van der Waals surface area contributed by atoms with Crippen molar-refractivity contribution in [1.82, 2.24) is 14.8 Å². The molecule has 0 fully saturated rings. The van der Waals surface area contributed by atoms with Crippen LogP contribution in [0.25, 0.3) is 0 Å². The highest BCUT2D eigenvalue weighted by molar-refractivity contribution is 6.32. The number of ether oxygens (including phenoxy) is 1. The predicted octanol–water partition coefficient (Wildman–Crippen LogP) is 3.29. The molecule has 2 aromatic carbocycles. The van der Waals surface area contributed by atoms with Crippen LogP contribution in [0.1, 0.15) is 13.0 Å². The molecule has 0 saturated heterocycles. The highest BCUT2D eigenvalue weighted by Crippen LogP contribution is 2.24. The number of carbonyl (C=O) groups excluding carboxylic acids is 2. The van der Waals surface area contributed by atoms with Gasteiger partial charge in [-0.15, -0.1) is 0 Å². The molecule has 10 heteroatoms. The minimum Gasteiger partial charge on any atom is -0.482 e. The maximum atomic E-state index is 13.0. The average Bonchev–Trinajstić information content (AvgIpc) is 3.23. The topological polar surface area (TPSA) is 98.1 Å². The molecule has 8 nitrogen and oxygen atoms in total. The van der Waals surface area contributed by atoms with E-state index >= 15 is 0 Å². The van der Waals surface area contributed by atoms with Crippen molar-refractivity contribution >= 4 is 34.8 Å². The minimum absolute atomic E-state index is 0.0815. The summed E-state index contributed by atoms with van der Waals surface area (Å²) >= 11 is 5.85. The minimum atomic E-state index is -0.521. The second kappa shape index (κ2) is 9.16. The quantitative estimate of drug-likeness (QED) is 0.614. The number of nitrogens with one attached hydrogen (secondary N) is 2. The Morgan fingerprint density at radius 2 is 1.86 bits per heavy atom. The van der Waals surface area contributed by atoms with Crippen LogP contribution in [0.2, 0.25) is 5.02 Å². The third-order valence-corrected chi connectivity index (χ3v) is 4.20.